The molecular weight excluding hydrogens is 344 g/mol. The Hall–Kier alpha value is -2.64. The average molecular weight is 370 g/mol. The summed E-state index contributed by atoms with van der Waals surface area (Å²) in [5.41, 5.74) is 0.489. The van der Waals surface area contributed by atoms with Crippen LogP contribution in [0.4, 0.5) is 0 Å². The van der Waals surface area contributed by atoms with Gasteiger partial charge in [0, 0.05) is 11.1 Å². The number of rotatable bonds is 11. The maximum absolute atomic E-state index is 11.6. The van der Waals surface area contributed by atoms with Crippen molar-refractivity contribution in [2.24, 2.45) is 0 Å². The fourth-order valence-corrected chi connectivity index (χ4v) is 1.47. The van der Waals surface area contributed by atoms with Gasteiger partial charge in [-0.1, -0.05) is 13.2 Å². The molecule has 0 aliphatic heterocycles. The number of hydrogen-bond acceptors (Lipinski definition) is 8. The molecule has 0 aliphatic carbocycles. The van der Waals surface area contributed by atoms with Gasteiger partial charge in [-0.15, -0.1) is 0 Å². The van der Waals surface area contributed by atoms with Crippen LogP contribution in [0, 0.1) is 0 Å². The monoisotopic (exact) mass is 370 g/mol. The lowest BCUT2D eigenvalue weighted by atomic mass is 10.3. The molecule has 0 heterocycles. The summed E-state index contributed by atoms with van der Waals surface area (Å²) in [5.74, 6) is -2.39. The first kappa shape index (κ1) is 23.4. The van der Waals surface area contributed by atoms with Gasteiger partial charge in [0.25, 0.3) is 0 Å². The molecule has 2 unspecified atom stereocenters. The molecule has 0 saturated carbocycles. The largest absolute Gasteiger partial charge is 0.459 e. The molecule has 0 spiro atoms. The summed E-state index contributed by atoms with van der Waals surface area (Å²) in [4.78, 5) is 45.7. The lowest BCUT2D eigenvalue weighted by Gasteiger charge is -2.15. The second-order valence-corrected chi connectivity index (χ2v) is 5.86. The summed E-state index contributed by atoms with van der Waals surface area (Å²) in [6.45, 7) is 12.8. The van der Waals surface area contributed by atoms with Crippen LogP contribution in [0.5, 0.6) is 0 Å². The van der Waals surface area contributed by atoms with Crippen molar-refractivity contribution in [3.63, 3.8) is 0 Å². The molecule has 2 atom stereocenters. The second kappa shape index (κ2) is 11.8. The van der Waals surface area contributed by atoms with Crippen molar-refractivity contribution in [1.29, 1.82) is 0 Å². The highest BCUT2D eigenvalue weighted by Crippen LogP contribution is 2.04. The number of carbonyl (C=O) groups is 4. The molecule has 0 N–H and O–H groups in total. The smallest absolute Gasteiger partial charge is 0.333 e. The van der Waals surface area contributed by atoms with E-state index in [-0.39, 0.29) is 37.2 Å². The minimum Gasteiger partial charge on any atom is -0.459 e. The van der Waals surface area contributed by atoms with Crippen molar-refractivity contribution < 1.29 is 38.1 Å². The molecule has 0 fully saturated rings. The summed E-state index contributed by atoms with van der Waals surface area (Å²) in [7, 11) is 0. The van der Waals surface area contributed by atoms with Gasteiger partial charge in [-0.05, 0) is 27.7 Å². The highest BCUT2D eigenvalue weighted by molar-refractivity contribution is 5.87. The van der Waals surface area contributed by atoms with E-state index in [1.54, 1.807) is 13.8 Å². The number of esters is 4. The third-order valence-electron chi connectivity index (χ3n) is 2.79. The second-order valence-electron chi connectivity index (χ2n) is 5.86. The van der Waals surface area contributed by atoms with Gasteiger partial charge in [0.05, 0.1) is 12.8 Å². The van der Waals surface area contributed by atoms with Crippen LogP contribution in [0.15, 0.2) is 24.3 Å². The van der Waals surface area contributed by atoms with Gasteiger partial charge < -0.3 is 18.9 Å². The Kier molecular flexibility index (Phi) is 10.6. The van der Waals surface area contributed by atoms with E-state index >= 15 is 0 Å². The number of carbonyl (C=O) groups excluding carboxylic acids is 4. The average Bonchev–Trinajstić information content (AvgIpc) is 2.55. The molecule has 0 rings (SSSR count). The molecule has 146 valence electrons. The van der Waals surface area contributed by atoms with E-state index in [4.69, 9.17) is 18.9 Å². The Labute approximate surface area is 153 Å². The zero-order valence-corrected chi connectivity index (χ0v) is 15.7. The quantitative estimate of drug-likeness (QED) is 0.308. The van der Waals surface area contributed by atoms with Crippen LogP contribution < -0.4 is 0 Å². The topological polar surface area (TPSA) is 105 Å². The highest BCUT2D eigenvalue weighted by atomic mass is 16.6. The highest BCUT2D eigenvalue weighted by Gasteiger charge is 2.17. The van der Waals surface area contributed by atoms with Gasteiger partial charge >= 0.3 is 23.9 Å². The van der Waals surface area contributed by atoms with Crippen molar-refractivity contribution >= 4 is 23.9 Å². The molecule has 0 amide bonds. The summed E-state index contributed by atoms with van der Waals surface area (Å²) < 4.78 is 19.7. The van der Waals surface area contributed by atoms with Crippen LogP contribution in [0.25, 0.3) is 0 Å². The fraction of sp³-hybridized carbons (Fsp3) is 0.556. The van der Waals surface area contributed by atoms with Gasteiger partial charge in [-0.3, -0.25) is 9.59 Å². The zero-order valence-electron chi connectivity index (χ0n) is 15.7. The molecule has 0 saturated heterocycles. The molecule has 0 radical (unpaired) electrons. The third-order valence-corrected chi connectivity index (χ3v) is 2.79. The van der Waals surface area contributed by atoms with Crippen molar-refractivity contribution in [3.8, 4) is 0 Å². The summed E-state index contributed by atoms with van der Waals surface area (Å²) in [5, 5.41) is 0. The summed E-state index contributed by atoms with van der Waals surface area (Å²) in [6.07, 6.45) is -1.67. The molecule has 0 bridgehead atoms. The molecule has 0 aromatic rings. The predicted octanol–water partition coefficient (Wildman–Crippen LogP) is 1.87. The van der Waals surface area contributed by atoms with Gasteiger partial charge in [0.2, 0.25) is 0 Å². The van der Waals surface area contributed by atoms with Gasteiger partial charge in [-0.2, -0.15) is 0 Å². The van der Waals surface area contributed by atoms with E-state index in [0.29, 0.717) is 0 Å². The molecule has 8 heteroatoms. The van der Waals surface area contributed by atoms with Crippen LogP contribution in [-0.4, -0.2) is 49.3 Å². The first-order chi connectivity index (χ1) is 12.0. The van der Waals surface area contributed by atoms with Gasteiger partial charge in [0.1, 0.15) is 25.4 Å². The number of ether oxygens (including phenoxy) is 4. The molecule has 26 heavy (non-hydrogen) atoms. The molecular formula is C18H26O8. The lowest BCUT2D eigenvalue weighted by molar-refractivity contribution is -0.160. The fourth-order valence-electron chi connectivity index (χ4n) is 1.47. The molecule has 0 aromatic heterocycles. The van der Waals surface area contributed by atoms with Crippen LogP contribution in [0.1, 0.15) is 40.5 Å². The van der Waals surface area contributed by atoms with E-state index in [0.717, 1.165) is 0 Å². The Morgan fingerprint density at radius 2 is 1.04 bits per heavy atom. The van der Waals surface area contributed by atoms with Gasteiger partial charge in [-0.25, -0.2) is 9.59 Å². The van der Waals surface area contributed by atoms with E-state index in [9.17, 15) is 19.2 Å². The molecule has 0 aliphatic rings. The maximum Gasteiger partial charge on any atom is 0.333 e. The van der Waals surface area contributed by atoms with Crippen LogP contribution in [0.2, 0.25) is 0 Å². The summed E-state index contributed by atoms with van der Waals surface area (Å²) >= 11 is 0. The van der Waals surface area contributed by atoms with E-state index in [1.807, 2.05) is 0 Å². The first-order valence-corrected chi connectivity index (χ1v) is 8.07. The van der Waals surface area contributed by atoms with E-state index in [1.165, 1.54) is 13.8 Å². The summed E-state index contributed by atoms with van der Waals surface area (Å²) in [6, 6.07) is 0. The van der Waals surface area contributed by atoms with Crippen LogP contribution in [-0.2, 0) is 38.1 Å². The minimum absolute atomic E-state index is 0.104. The zero-order chi connectivity index (χ0) is 20.3. The third kappa shape index (κ3) is 11.0. The van der Waals surface area contributed by atoms with Crippen molar-refractivity contribution in [2.45, 2.75) is 52.7 Å². The predicted molar refractivity (Wildman–Crippen MR) is 91.9 cm³/mol. The minimum atomic E-state index is -0.651. The lowest BCUT2D eigenvalue weighted by Crippen LogP contribution is -2.24. The Morgan fingerprint density at radius 3 is 1.31 bits per heavy atom. The van der Waals surface area contributed by atoms with E-state index in [2.05, 4.69) is 13.2 Å². The molecule has 0 aromatic carbocycles. The maximum atomic E-state index is 11.6. The van der Waals surface area contributed by atoms with Crippen molar-refractivity contribution in [3.05, 3.63) is 24.3 Å². The normalized spacial score (nSPS) is 12.3. The number of hydrogen-bond donors (Lipinski definition) is 0. The molecule has 8 nitrogen and oxygen atoms in total. The van der Waals surface area contributed by atoms with Crippen LogP contribution in [0.3, 0.4) is 0 Å². The van der Waals surface area contributed by atoms with Crippen molar-refractivity contribution in [2.75, 3.05) is 13.2 Å². The van der Waals surface area contributed by atoms with Crippen LogP contribution >= 0.6 is 0 Å². The Bertz CT molecular complexity index is 514. The standard InChI is InChI=1S/C18H26O8/c1-11(2)17(21)23-9-13(5)25-15(19)7-8-16(20)26-14(6)10-24-18(22)12(3)4/h13-14H,1,3,7-10H2,2,4-6H3. The first-order valence-electron chi connectivity index (χ1n) is 8.07. The SMILES string of the molecule is C=C(C)C(=O)OCC(C)OC(=O)CCC(=O)OC(C)COC(=O)C(=C)C. The Morgan fingerprint density at radius 1 is 0.731 bits per heavy atom. The van der Waals surface area contributed by atoms with Gasteiger partial charge in [0.15, 0.2) is 0 Å². The van der Waals surface area contributed by atoms with Crippen molar-refractivity contribution in [1.82, 2.24) is 0 Å². The Balaban J connectivity index is 4.01. The van der Waals surface area contributed by atoms with E-state index < -0.39 is 36.1 Å².